The topological polar surface area (TPSA) is 79.5 Å². The molecule has 8 nitrogen and oxygen atoms in total. The summed E-state index contributed by atoms with van der Waals surface area (Å²) in [5.41, 5.74) is 2.60. The molecular weight excluding hydrogens is 402 g/mol. The molecule has 2 aliphatic rings. The largest absolute Gasteiger partial charge is 0.372 e. The average Bonchev–Trinajstić information content (AvgIpc) is 3.46. The predicted molar refractivity (Wildman–Crippen MR) is 129 cm³/mol. The summed E-state index contributed by atoms with van der Waals surface area (Å²) in [5.74, 6) is 1.74. The van der Waals surface area contributed by atoms with E-state index in [1.807, 2.05) is 4.57 Å². The summed E-state index contributed by atoms with van der Waals surface area (Å²) < 4.78 is 3.44. The fraction of sp³-hybridized carbons (Fsp3) is 0.625. The Morgan fingerprint density at radius 2 is 2.00 bits per heavy atom. The molecule has 1 aromatic carbocycles. The summed E-state index contributed by atoms with van der Waals surface area (Å²) in [5, 5.41) is 11.4. The summed E-state index contributed by atoms with van der Waals surface area (Å²) in [6.45, 7) is 9.41. The fourth-order valence-electron chi connectivity index (χ4n) is 4.58. The van der Waals surface area contributed by atoms with Crippen LogP contribution in [0.4, 0.5) is 5.69 Å². The summed E-state index contributed by atoms with van der Waals surface area (Å²) in [7, 11) is 0. The molecule has 0 amide bonds. The van der Waals surface area contributed by atoms with E-state index in [9.17, 15) is 4.79 Å². The highest BCUT2D eigenvalue weighted by atomic mass is 16.2. The van der Waals surface area contributed by atoms with E-state index in [1.54, 1.807) is 4.68 Å². The van der Waals surface area contributed by atoms with E-state index in [0.717, 1.165) is 63.6 Å². The molecule has 1 fully saturated rings. The number of nitrogens with zero attached hydrogens (tertiary/aromatic N) is 5. The van der Waals surface area contributed by atoms with E-state index in [-0.39, 0.29) is 11.7 Å². The lowest BCUT2D eigenvalue weighted by Gasteiger charge is -2.22. The van der Waals surface area contributed by atoms with Crippen molar-refractivity contribution in [3.8, 4) is 0 Å². The number of aryl methyl sites for hydroxylation is 2. The average molecular weight is 440 g/mol. The van der Waals surface area contributed by atoms with E-state index in [1.165, 1.54) is 24.1 Å². The minimum absolute atomic E-state index is 0.0280. The molecule has 2 aromatic rings. The van der Waals surface area contributed by atoms with Crippen molar-refractivity contribution in [3.05, 3.63) is 46.1 Å². The van der Waals surface area contributed by atoms with Crippen LogP contribution in [-0.4, -0.2) is 46.5 Å². The standard InChI is InChI=1S/C24H37N7O/c1-3-25-23(26-13-9-17-31-24(32)30-16-5-4-12-22(30)28-31)27-19(2)20-10-8-11-21(18-20)29-14-6-7-15-29/h8,10-11,18-19H,3-7,9,12-17H2,1-2H3,(H2,25,26,27). The van der Waals surface area contributed by atoms with Crippen molar-refractivity contribution >= 4 is 11.6 Å². The zero-order chi connectivity index (χ0) is 22.3. The van der Waals surface area contributed by atoms with Crippen molar-refractivity contribution in [1.29, 1.82) is 0 Å². The molecule has 2 N–H and O–H groups in total. The SMILES string of the molecule is CCNC(=NCCCn1nc2n(c1=O)CCCC2)NC(C)c1cccc(N2CCCC2)c1. The van der Waals surface area contributed by atoms with Crippen LogP contribution in [0.25, 0.3) is 0 Å². The van der Waals surface area contributed by atoms with Crippen LogP contribution in [-0.2, 0) is 19.5 Å². The van der Waals surface area contributed by atoms with Crippen LogP contribution in [0, 0.1) is 0 Å². The molecule has 32 heavy (non-hydrogen) atoms. The molecule has 8 heteroatoms. The first-order chi connectivity index (χ1) is 15.7. The second-order valence-electron chi connectivity index (χ2n) is 8.80. The zero-order valence-corrected chi connectivity index (χ0v) is 19.5. The Morgan fingerprint density at radius 3 is 2.78 bits per heavy atom. The maximum absolute atomic E-state index is 12.5. The van der Waals surface area contributed by atoms with E-state index in [4.69, 9.17) is 4.99 Å². The molecule has 1 atom stereocenters. The monoisotopic (exact) mass is 439 g/mol. The number of nitrogens with one attached hydrogen (secondary N) is 2. The van der Waals surface area contributed by atoms with Gasteiger partial charge in [-0.15, -0.1) is 0 Å². The van der Waals surface area contributed by atoms with Gasteiger partial charge in [-0.25, -0.2) is 9.48 Å². The van der Waals surface area contributed by atoms with E-state index in [2.05, 4.69) is 58.7 Å². The molecule has 0 saturated carbocycles. The van der Waals surface area contributed by atoms with Crippen LogP contribution in [0.5, 0.6) is 0 Å². The van der Waals surface area contributed by atoms with Gasteiger partial charge in [0, 0.05) is 51.4 Å². The Hall–Kier alpha value is -2.77. The van der Waals surface area contributed by atoms with Crippen LogP contribution in [0.1, 0.15) is 63.4 Å². The van der Waals surface area contributed by atoms with Gasteiger partial charge in [0.15, 0.2) is 5.96 Å². The number of anilines is 1. The molecule has 4 rings (SSSR count). The second-order valence-corrected chi connectivity index (χ2v) is 8.80. The van der Waals surface area contributed by atoms with Gasteiger partial charge in [0.1, 0.15) is 5.82 Å². The molecule has 1 saturated heterocycles. The highest BCUT2D eigenvalue weighted by Gasteiger charge is 2.17. The van der Waals surface area contributed by atoms with Crippen molar-refractivity contribution in [1.82, 2.24) is 25.0 Å². The minimum atomic E-state index is 0.0280. The summed E-state index contributed by atoms with van der Waals surface area (Å²) in [4.78, 5) is 19.7. The normalized spacial score (nSPS) is 17.3. The molecular formula is C24H37N7O. The maximum Gasteiger partial charge on any atom is 0.345 e. The van der Waals surface area contributed by atoms with Gasteiger partial charge in [0.25, 0.3) is 0 Å². The van der Waals surface area contributed by atoms with Crippen molar-refractivity contribution in [2.75, 3.05) is 31.1 Å². The summed E-state index contributed by atoms with van der Waals surface area (Å²) >= 11 is 0. The number of aromatic nitrogens is 3. The molecule has 2 aliphatic heterocycles. The van der Waals surface area contributed by atoms with Crippen LogP contribution >= 0.6 is 0 Å². The number of hydrogen-bond donors (Lipinski definition) is 2. The van der Waals surface area contributed by atoms with Gasteiger partial charge in [-0.3, -0.25) is 9.56 Å². The fourth-order valence-corrected chi connectivity index (χ4v) is 4.58. The molecule has 0 spiro atoms. The highest BCUT2D eigenvalue weighted by molar-refractivity contribution is 5.80. The van der Waals surface area contributed by atoms with Gasteiger partial charge in [-0.05, 0) is 63.6 Å². The zero-order valence-electron chi connectivity index (χ0n) is 19.5. The first-order valence-corrected chi connectivity index (χ1v) is 12.2. The van der Waals surface area contributed by atoms with Crippen molar-refractivity contribution < 1.29 is 0 Å². The Kier molecular flexibility index (Phi) is 7.50. The number of benzene rings is 1. The third kappa shape index (κ3) is 5.34. The van der Waals surface area contributed by atoms with Crippen molar-refractivity contribution in [3.63, 3.8) is 0 Å². The number of hydrogen-bond acceptors (Lipinski definition) is 4. The van der Waals surface area contributed by atoms with Gasteiger partial charge >= 0.3 is 5.69 Å². The second kappa shape index (κ2) is 10.7. The first-order valence-electron chi connectivity index (χ1n) is 12.2. The lowest BCUT2D eigenvalue weighted by atomic mass is 10.1. The van der Waals surface area contributed by atoms with Crippen LogP contribution < -0.4 is 21.2 Å². The summed E-state index contributed by atoms with van der Waals surface area (Å²) in [6.07, 6.45) is 6.45. The minimum Gasteiger partial charge on any atom is -0.372 e. The Bertz CT molecular complexity index is 971. The quantitative estimate of drug-likeness (QED) is 0.376. The molecule has 3 heterocycles. The Morgan fingerprint density at radius 1 is 1.19 bits per heavy atom. The van der Waals surface area contributed by atoms with Crippen molar-refractivity contribution in [2.24, 2.45) is 4.99 Å². The Labute approximate surface area is 190 Å². The summed E-state index contributed by atoms with van der Waals surface area (Å²) in [6, 6.07) is 8.97. The number of guanidine groups is 1. The molecule has 174 valence electrons. The lowest BCUT2D eigenvalue weighted by molar-refractivity contribution is 0.509. The molecule has 1 aromatic heterocycles. The van der Waals surface area contributed by atoms with E-state index >= 15 is 0 Å². The maximum atomic E-state index is 12.5. The molecule has 0 radical (unpaired) electrons. The smallest absolute Gasteiger partial charge is 0.345 e. The molecule has 0 aliphatic carbocycles. The first kappa shape index (κ1) is 22.4. The van der Waals surface area contributed by atoms with E-state index < -0.39 is 0 Å². The van der Waals surface area contributed by atoms with E-state index in [0.29, 0.717) is 13.1 Å². The third-order valence-corrected chi connectivity index (χ3v) is 6.37. The lowest BCUT2D eigenvalue weighted by Crippen LogP contribution is -2.39. The third-order valence-electron chi connectivity index (χ3n) is 6.37. The highest BCUT2D eigenvalue weighted by Crippen LogP contribution is 2.24. The Balaban J connectivity index is 1.33. The number of aliphatic imine (C=N–C) groups is 1. The van der Waals surface area contributed by atoms with Crippen LogP contribution in [0.15, 0.2) is 34.1 Å². The predicted octanol–water partition coefficient (Wildman–Crippen LogP) is 2.69. The van der Waals surface area contributed by atoms with Gasteiger partial charge in [-0.2, -0.15) is 5.10 Å². The van der Waals surface area contributed by atoms with Crippen LogP contribution in [0.3, 0.4) is 0 Å². The molecule has 0 bridgehead atoms. The van der Waals surface area contributed by atoms with Gasteiger partial charge < -0.3 is 15.5 Å². The van der Waals surface area contributed by atoms with Gasteiger partial charge in [0.2, 0.25) is 0 Å². The van der Waals surface area contributed by atoms with Gasteiger partial charge in [0.05, 0.1) is 6.04 Å². The van der Waals surface area contributed by atoms with Crippen molar-refractivity contribution in [2.45, 2.75) is 71.5 Å². The van der Waals surface area contributed by atoms with Gasteiger partial charge in [-0.1, -0.05) is 12.1 Å². The van der Waals surface area contributed by atoms with Crippen LogP contribution in [0.2, 0.25) is 0 Å². The number of rotatable bonds is 8. The molecule has 1 unspecified atom stereocenters. The number of fused-ring (bicyclic) bond motifs is 1.